The first-order chi connectivity index (χ1) is 16.2. The normalized spacial score (nSPS) is 14.8. The molecule has 3 aromatic carbocycles. The highest BCUT2D eigenvalue weighted by Gasteiger charge is 2.37. The molecule has 0 aromatic heterocycles. The maximum absolute atomic E-state index is 13.6. The average Bonchev–Trinajstić information content (AvgIpc) is 2.86. The molecule has 0 aliphatic carbocycles. The van der Waals surface area contributed by atoms with E-state index < -0.39 is 6.10 Å². The summed E-state index contributed by atoms with van der Waals surface area (Å²) in [5.41, 5.74) is 2.84. The molecule has 0 spiro atoms. The summed E-state index contributed by atoms with van der Waals surface area (Å²) in [5, 5.41) is 9.47. The number of amides is 1. The van der Waals surface area contributed by atoms with Gasteiger partial charge in [-0.1, -0.05) is 68.7 Å². The first-order valence-corrected chi connectivity index (χ1v) is 11.5. The number of para-hydroxylation sites is 2. The van der Waals surface area contributed by atoms with Gasteiger partial charge in [0.05, 0.1) is 17.3 Å². The van der Waals surface area contributed by atoms with Crippen LogP contribution in [-0.2, 0) is 11.4 Å². The lowest BCUT2D eigenvalue weighted by Crippen LogP contribution is -2.41. The number of nitrogens with zero attached hydrogens (tertiary/aromatic N) is 2. The van der Waals surface area contributed by atoms with Crippen molar-refractivity contribution < 1.29 is 14.3 Å². The molecular weight excluding hydrogens is 412 g/mol. The third-order valence-corrected chi connectivity index (χ3v) is 5.78. The van der Waals surface area contributed by atoms with Crippen molar-refractivity contribution >= 4 is 11.6 Å². The van der Waals surface area contributed by atoms with E-state index in [2.05, 4.69) is 13.0 Å². The number of anilines is 1. The maximum Gasteiger partial charge on any atom is 0.273 e. The molecule has 1 amide bonds. The fourth-order valence-electron chi connectivity index (χ4n) is 4.03. The number of carbonyl (C=O) groups is 1. The Morgan fingerprint density at radius 2 is 1.79 bits per heavy atom. The standard InChI is InChI=1S/C28H28N2O3/c1-2-3-4-10-17-30-24-13-8-9-14-26(24)33-27(28(30)31)23-18-22(19-29)15-16-25(23)32-20-21-11-6-5-7-12-21/h5-9,11-16,18,27H,2-4,10,17,20H2,1H3. The Bertz CT molecular complexity index is 1140. The van der Waals surface area contributed by atoms with Gasteiger partial charge < -0.3 is 14.4 Å². The Morgan fingerprint density at radius 3 is 2.58 bits per heavy atom. The zero-order chi connectivity index (χ0) is 23.0. The van der Waals surface area contributed by atoms with Crippen LogP contribution in [0.5, 0.6) is 11.5 Å². The molecule has 0 radical (unpaired) electrons. The lowest BCUT2D eigenvalue weighted by atomic mass is 10.0. The molecule has 1 heterocycles. The Morgan fingerprint density at radius 1 is 1.00 bits per heavy atom. The Hall–Kier alpha value is -3.78. The molecule has 1 atom stereocenters. The van der Waals surface area contributed by atoms with Gasteiger partial charge in [0, 0.05) is 12.1 Å². The quantitative estimate of drug-likeness (QED) is 0.373. The minimum Gasteiger partial charge on any atom is -0.488 e. The highest BCUT2D eigenvalue weighted by molar-refractivity contribution is 6.00. The van der Waals surface area contributed by atoms with Crippen molar-refractivity contribution in [2.45, 2.75) is 45.3 Å². The van der Waals surface area contributed by atoms with Crippen LogP contribution in [0, 0.1) is 11.3 Å². The zero-order valence-corrected chi connectivity index (χ0v) is 18.9. The Kier molecular flexibility index (Phi) is 7.26. The first kappa shape index (κ1) is 22.4. The van der Waals surface area contributed by atoms with E-state index in [1.807, 2.05) is 59.5 Å². The second-order valence-corrected chi connectivity index (χ2v) is 8.15. The molecule has 3 aromatic rings. The predicted molar refractivity (Wildman–Crippen MR) is 128 cm³/mol. The van der Waals surface area contributed by atoms with E-state index in [1.54, 1.807) is 18.2 Å². The Labute approximate surface area is 195 Å². The number of fused-ring (bicyclic) bond motifs is 1. The summed E-state index contributed by atoms with van der Waals surface area (Å²) in [5.74, 6) is 1.07. The molecule has 5 heteroatoms. The van der Waals surface area contributed by atoms with Crippen molar-refractivity contribution in [1.82, 2.24) is 0 Å². The summed E-state index contributed by atoms with van der Waals surface area (Å²) in [6.07, 6.45) is 3.41. The highest BCUT2D eigenvalue weighted by atomic mass is 16.5. The monoisotopic (exact) mass is 440 g/mol. The van der Waals surface area contributed by atoms with E-state index >= 15 is 0 Å². The molecule has 0 saturated heterocycles. The maximum atomic E-state index is 13.6. The van der Waals surface area contributed by atoms with Gasteiger partial charge in [-0.2, -0.15) is 5.26 Å². The second-order valence-electron chi connectivity index (χ2n) is 8.15. The lowest BCUT2D eigenvalue weighted by Gasteiger charge is -2.35. The van der Waals surface area contributed by atoms with Crippen LogP contribution in [0.2, 0.25) is 0 Å². The number of carbonyl (C=O) groups excluding carboxylic acids is 1. The number of hydrogen-bond donors (Lipinski definition) is 0. The van der Waals surface area contributed by atoms with E-state index in [-0.39, 0.29) is 5.91 Å². The molecule has 168 valence electrons. The first-order valence-electron chi connectivity index (χ1n) is 11.5. The fourth-order valence-corrected chi connectivity index (χ4v) is 4.03. The van der Waals surface area contributed by atoms with Crippen molar-refractivity contribution in [3.05, 3.63) is 89.5 Å². The van der Waals surface area contributed by atoms with Crippen LogP contribution in [0.25, 0.3) is 0 Å². The summed E-state index contributed by atoms with van der Waals surface area (Å²) < 4.78 is 12.3. The van der Waals surface area contributed by atoms with Crippen LogP contribution in [0.15, 0.2) is 72.8 Å². The van der Waals surface area contributed by atoms with Crippen LogP contribution in [-0.4, -0.2) is 12.5 Å². The molecule has 0 saturated carbocycles. The van der Waals surface area contributed by atoms with E-state index in [0.717, 1.165) is 36.9 Å². The van der Waals surface area contributed by atoms with Crippen LogP contribution < -0.4 is 14.4 Å². The van der Waals surface area contributed by atoms with Gasteiger partial charge in [-0.25, -0.2) is 0 Å². The van der Waals surface area contributed by atoms with E-state index in [0.29, 0.717) is 35.8 Å². The van der Waals surface area contributed by atoms with Crippen molar-refractivity contribution in [3.63, 3.8) is 0 Å². The summed E-state index contributed by atoms with van der Waals surface area (Å²) >= 11 is 0. The molecule has 33 heavy (non-hydrogen) atoms. The van der Waals surface area contributed by atoms with E-state index in [4.69, 9.17) is 9.47 Å². The molecule has 0 bridgehead atoms. The van der Waals surface area contributed by atoms with Crippen molar-refractivity contribution in [2.75, 3.05) is 11.4 Å². The SMILES string of the molecule is CCCCCCN1C(=O)C(c2cc(C#N)ccc2OCc2ccccc2)Oc2ccccc21. The third kappa shape index (κ3) is 5.18. The molecule has 1 aliphatic heterocycles. The molecule has 5 nitrogen and oxygen atoms in total. The van der Waals surface area contributed by atoms with Crippen molar-refractivity contribution in [1.29, 1.82) is 5.26 Å². The number of unbranched alkanes of at least 4 members (excludes halogenated alkanes) is 3. The molecule has 0 N–H and O–H groups in total. The van der Waals surface area contributed by atoms with Gasteiger partial charge >= 0.3 is 0 Å². The van der Waals surface area contributed by atoms with Crippen LogP contribution >= 0.6 is 0 Å². The van der Waals surface area contributed by atoms with Gasteiger partial charge in [0.25, 0.3) is 5.91 Å². The van der Waals surface area contributed by atoms with Crippen LogP contribution in [0.4, 0.5) is 5.69 Å². The minimum absolute atomic E-state index is 0.134. The van der Waals surface area contributed by atoms with Crippen molar-refractivity contribution in [3.8, 4) is 17.6 Å². The topological polar surface area (TPSA) is 62.6 Å². The van der Waals surface area contributed by atoms with E-state index in [9.17, 15) is 10.1 Å². The summed E-state index contributed by atoms with van der Waals surface area (Å²) in [4.78, 5) is 15.5. The largest absolute Gasteiger partial charge is 0.488 e. The summed E-state index contributed by atoms with van der Waals surface area (Å²) in [7, 11) is 0. The van der Waals surface area contributed by atoms with Gasteiger partial charge in [-0.05, 0) is 42.3 Å². The molecule has 1 aliphatic rings. The molecule has 4 rings (SSSR count). The Balaban J connectivity index is 1.65. The second kappa shape index (κ2) is 10.7. The average molecular weight is 441 g/mol. The number of rotatable bonds is 9. The fraction of sp³-hybridized carbons (Fsp3) is 0.286. The van der Waals surface area contributed by atoms with Gasteiger partial charge in [0.2, 0.25) is 6.10 Å². The number of benzene rings is 3. The molecular formula is C28H28N2O3. The van der Waals surface area contributed by atoms with Gasteiger partial charge in [0.15, 0.2) is 0 Å². The van der Waals surface area contributed by atoms with Crippen LogP contribution in [0.1, 0.15) is 55.4 Å². The molecule has 1 unspecified atom stereocenters. The highest BCUT2D eigenvalue weighted by Crippen LogP contribution is 2.41. The minimum atomic E-state index is -0.870. The van der Waals surface area contributed by atoms with E-state index in [1.165, 1.54) is 0 Å². The number of hydrogen-bond acceptors (Lipinski definition) is 4. The smallest absolute Gasteiger partial charge is 0.273 e. The third-order valence-electron chi connectivity index (χ3n) is 5.78. The van der Waals surface area contributed by atoms with Gasteiger partial charge in [0.1, 0.15) is 18.1 Å². The summed E-state index contributed by atoms with van der Waals surface area (Å²) in [6.45, 7) is 3.16. The van der Waals surface area contributed by atoms with Crippen LogP contribution in [0.3, 0.4) is 0 Å². The van der Waals surface area contributed by atoms with Gasteiger partial charge in [-0.3, -0.25) is 4.79 Å². The lowest BCUT2D eigenvalue weighted by molar-refractivity contribution is -0.126. The zero-order valence-electron chi connectivity index (χ0n) is 18.9. The predicted octanol–water partition coefficient (Wildman–Crippen LogP) is 6.18. The van der Waals surface area contributed by atoms with Gasteiger partial charge in [-0.15, -0.1) is 0 Å². The van der Waals surface area contributed by atoms with Crippen molar-refractivity contribution in [2.24, 2.45) is 0 Å². The summed E-state index contributed by atoms with van der Waals surface area (Å²) in [6, 6.07) is 24.8. The number of ether oxygens (including phenoxy) is 2. The molecule has 0 fully saturated rings. The number of nitriles is 1.